The van der Waals surface area contributed by atoms with E-state index in [4.69, 9.17) is 4.42 Å². The van der Waals surface area contributed by atoms with Gasteiger partial charge in [0.2, 0.25) is 5.89 Å². The fourth-order valence-corrected chi connectivity index (χ4v) is 2.94. The number of carbonyl (C=O) groups excluding carboxylic acids is 1. The highest BCUT2D eigenvalue weighted by atomic mass is 16.3. The average molecular weight is 345 g/mol. The number of benzene rings is 1. The Hall–Kier alpha value is -3.48. The Bertz CT molecular complexity index is 1100. The van der Waals surface area contributed by atoms with E-state index in [0.717, 1.165) is 24.1 Å². The van der Waals surface area contributed by atoms with Gasteiger partial charge in [0.15, 0.2) is 5.65 Å². The summed E-state index contributed by atoms with van der Waals surface area (Å²) >= 11 is 0. The summed E-state index contributed by atoms with van der Waals surface area (Å²) in [6.45, 7) is 0. The van der Waals surface area contributed by atoms with E-state index in [0.29, 0.717) is 28.7 Å². The highest BCUT2D eigenvalue weighted by Crippen LogP contribution is 2.39. The minimum absolute atomic E-state index is 0.245. The SMILES string of the molecule is O=C(Nc1cccc(-c2ncco2)c1)c1cnn2ccc(C3CC3)nc12. The third kappa shape index (κ3) is 2.63. The predicted octanol–water partition coefficient (Wildman–Crippen LogP) is 3.51. The molecule has 7 heteroatoms. The molecule has 0 aliphatic heterocycles. The monoisotopic (exact) mass is 345 g/mol. The van der Waals surface area contributed by atoms with Crippen molar-refractivity contribution in [1.29, 1.82) is 0 Å². The zero-order valence-corrected chi connectivity index (χ0v) is 13.8. The lowest BCUT2D eigenvalue weighted by Crippen LogP contribution is -2.12. The Morgan fingerprint density at radius 1 is 1.27 bits per heavy atom. The number of hydrogen-bond acceptors (Lipinski definition) is 5. The quantitative estimate of drug-likeness (QED) is 0.612. The summed E-state index contributed by atoms with van der Waals surface area (Å²) in [5.74, 6) is 0.779. The summed E-state index contributed by atoms with van der Waals surface area (Å²) in [6.07, 6.45) is 8.83. The molecule has 0 radical (unpaired) electrons. The predicted molar refractivity (Wildman–Crippen MR) is 94.9 cm³/mol. The fourth-order valence-electron chi connectivity index (χ4n) is 2.94. The Labute approximate surface area is 148 Å². The van der Waals surface area contributed by atoms with E-state index in [1.807, 2.05) is 36.5 Å². The van der Waals surface area contributed by atoms with Crippen LogP contribution in [-0.2, 0) is 0 Å². The number of aromatic nitrogens is 4. The maximum absolute atomic E-state index is 12.7. The standard InChI is InChI=1S/C19H15N5O2/c25-18(22-14-3-1-2-13(10-14)19-20-7-9-26-19)15-11-21-24-8-6-16(12-4-5-12)23-17(15)24/h1-3,6-12H,4-5H2,(H,22,25). The van der Waals surface area contributed by atoms with Gasteiger partial charge in [-0.05, 0) is 37.1 Å². The summed E-state index contributed by atoms with van der Waals surface area (Å²) in [5, 5.41) is 7.13. The number of fused-ring (bicyclic) bond motifs is 1. The lowest BCUT2D eigenvalue weighted by atomic mass is 10.2. The van der Waals surface area contributed by atoms with Gasteiger partial charge in [0.05, 0.1) is 12.4 Å². The van der Waals surface area contributed by atoms with Gasteiger partial charge in [-0.15, -0.1) is 0 Å². The molecule has 1 N–H and O–H groups in total. The van der Waals surface area contributed by atoms with E-state index in [1.54, 1.807) is 16.9 Å². The third-order valence-electron chi connectivity index (χ3n) is 4.43. The van der Waals surface area contributed by atoms with Gasteiger partial charge in [-0.1, -0.05) is 6.07 Å². The van der Waals surface area contributed by atoms with Crippen molar-refractivity contribution in [2.75, 3.05) is 5.32 Å². The normalized spacial score (nSPS) is 13.8. The van der Waals surface area contributed by atoms with Crippen LogP contribution in [0.2, 0.25) is 0 Å². The first-order valence-electron chi connectivity index (χ1n) is 8.43. The lowest BCUT2D eigenvalue weighted by molar-refractivity contribution is 0.102. The van der Waals surface area contributed by atoms with E-state index in [9.17, 15) is 4.79 Å². The summed E-state index contributed by atoms with van der Waals surface area (Å²) in [5.41, 5.74) is 3.51. The molecule has 1 aromatic carbocycles. The number of oxazole rings is 1. The molecule has 0 bridgehead atoms. The van der Waals surface area contributed by atoms with Gasteiger partial charge in [0.25, 0.3) is 5.91 Å². The van der Waals surface area contributed by atoms with Crippen LogP contribution in [0.3, 0.4) is 0 Å². The summed E-state index contributed by atoms with van der Waals surface area (Å²) in [6, 6.07) is 9.33. The van der Waals surface area contributed by atoms with Crippen LogP contribution >= 0.6 is 0 Å². The molecular formula is C19H15N5O2. The van der Waals surface area contributed by atoms with Crippen LogP contribution in [0.1, 0.15) is 34.8 Å². The van der Waals surface area contributed by atoms with E-state index < -0.39 is 0 Å². The van der Waals surface area contributed by atoms with Crippen LogP contribution in [0.4, 0.5) is 5.69 Å². The minimum atomic E-state index is -0.245. The van der Waals surface area contributed by atoms with Gasteiger partial charge in [-0.2, -0.15) is 5.10 Å². The largest absolute Gasteiger partial charge is 0.445 e. The summed E-state index contributed by atoms with van der Waals surface area (Å²) in [7, 11) is 0. The second kappa shape index (κ2) is 5.80. The van der Waals surface area contributed by atoms with Gasteiger partial charge in [-0.3, -0.25) is 4.79 Å². The van der Waals surface area contributed by atoms with Crippen molar-refractivity contribution in [3.05, 3.63) is 66.4 Å². The molecule has 5 rings (SSSR count). The summed E-state index contributed by atoms with van der Waals surface area (Å²) < 4.78 is 6.93. The maximum Gasteiger partial charge on any atom is 0.261 e. The van der Waals surface area contributed by atoms with Crippen LogP contribution in [0, 0.1) is 0 Å². The van der Waals surface area contributed by atoms with Gasteiger partial charge in [0, 0.05) is 29.1 Å². The average Bonchev–Trinajstić information content (AvgIpc) is 3.19. The van der Waals surface area contributed by atoms with Crippen LogP contribution in [0.5, 0.6) is 0 Å². The highest BCUT2D eigenvalue weighted by molar-refractivity contribution is 6.08. The molecule has 7 nitrogen and oxygen atoms in total. The van der Waals surface area contributed by atoms with E-state index >= 15 is 0 Å². The van der Waals surface area contributed by atoms with Crippen LogP contribution < -0.4 is 5.32 Å². The van der Waals surface area contributed by atoms with Gasteiger partial charge >= 0.3 is 0 Å². The molecule has 0 atom stereocenters. The molecule has 3 aromatic heterocycles. The Morgan fingerprint density at radius 2 is 2.19 bits per heavy atom. The topological polar surface area (TPSA) is 85.3 Å². The number of carbonyl (C=O) groups is 1. The van der Waals surface area contributed by atoms with Crippen molar-refractivity contribution >= 4 is 17.2 Å². The molecule has 1 aliphatic rings. The van der Waals surface area contributed by atoms with Crippen molar-refractivity contribution in [2.24, 2.45) is 0 Å². The Kier molecular flexibility index (Phi) is 3.31. The molecule has 1 amide bonds. The molecule has 0 spiro atoms. The Balaban J connectivity index is 1.44. The van der Waals surface area contributed by atoms with Crippen molar-refractivity contribution < 1.29 is 9.21 Å². The Morgan fingerprint density at radius 3 is 3.00 bits per heavy atom. The van der Waals surface area contributed by atoms with Crippen LogP contribution in [0.15, 0.2) is 59.6 Å². The van der Waals surface area contributed by atoms with Gasteiger partial charge in [0.1, 0.15) is 11.8 Å². The molecule has 26 heavy (non-hydrogen) atoms. The van der Waals surface area contributed by atoms with Crippen LogP contribution in [0.25, 0.3) is 17.1 Å². The number of rotatable bonds is 4. The first kappa shape index (κ1) is 14.8. The molecular weight excluding hydrogens is 330 g/mol. The summed E-state index contributed by atoms with van der Waals surface area (Å²) in [4.78, 5) is 21.5. The highest BCUT2D eigenvalue weighted by Gasteiger charge is 2.26. The van der Waals surface area contributed by atoms with Crippen molar-refractivity contribution in [2.45, 2.75) is 18.8 Å². The number of nitrogens with one attached hydrogen (secondary N) is 1. The zero-order valence-electron chi connectivity index (χ0n) is 13.8. The molecule has 0 saturated heterocycles. The molecule has 1 saturated carbocycles. The van der Waals surface area contributed by atoms with Crippen LogP contribution in [-0.4, -0.2) is 25.5 Å². The second-order valence-electron chi connectivity index (χ2n) is 6.33. The van der Waals surface area contributed by atoms with Crippen molar-refractivity contribution in [3.63, 3.8) is 0 Å². The molecule has 3 heterocycles. The van der Waals surface area contributed by atoms with Crippen molar-refractivity contribution in [3.8, 4) is 11.5 Å². The number of amides is 1. The fraction of sp³-hybridized carbons (Fsp3) is 0.158. The molecule has 1 fully saturated rings. The van der Waals surface area contributed by atoms with E-state index in [-0.39, 0.29) is 5.91 Å². The smallest absolute Gasteiger partial charge is 0.261 e. The molecule has 128 valence electrons. The minimum Gasteiger partial charge on any atom is -0.445 e. The molecule has 0 unspecified atom stereocenters. The van der Waals surface area contributed by atoms with E-state index in [1.165, 1.54) is 6.26 Å². The molecule has 4 aromatic rings. The van der Waals surface area contributed by atoms with Crippen molar-refractivity contribution in [1.82, 2.24) is 19.6 Å². The maximum atomic E-state index is 12.7. The zero-order chi connectivity index (χ0) is 17.5. The first-order chi connectivity index (χ1) is 12.8. The number of anilines is 1. The van der Waals surface area contributed by atoms with E-state index in [2.05, 4.69) is 20.4 Å². The molecule has 1 aliphatic carbocycles. The second-order valence-corrected chi connectivity index (χ2v) is 6.33. The first-order valence-corrected chi connectivity index (χ1v) is 8.43. The number of nitrogens with zero attached hydrogens (tertiary/aromatic N) is 4. The number of hydrogen-bond donors (Lipinski definition) is 1. The van der Waals surface area contributed by atoms with Gasteiger partial charge < -0.3 is 9.73 Å². The lowest BCUT2D eigenvalue weighted by Gasteiger charge is -2.06. The third-order valence-corrected chi connectivity index (χ3v) is 4.43. The van der Waals surface area contributed by atoms with Gasteiger partial charge in [-0.25, -0.2) is 14.5 Å².